The smallest absolute Gasteiger partial charge is 0.314 e. The first-order chi connectivity index (χ1) is 13.5. The maximum Gasteiger partial charge on any atom is 0.314 e. The number of hydrogen-bond acceptors (Lipinski definition) is 2. The van der Waals surface area contributed by atoms with Crippen LogP contribution in [0.25, 0.3) is 0 Å². The molecule has 0 aromatic heterocycles. The molecule has 1 aromatic carbocycles. The Labute approximate surface area is 165 Å². The molecule has 1 aromatic rings. The van der Waals surface area contributed by atoms with Gasteiger partial charge in [0.25, 0.3) is 0 Å². The van der Waals surface area contributed by atoms with E-state index in [0.29, 0.717) is 5.92 Å². The molecule has 0 radical (unpaired) electrons. The van der Waals surface area contributed by atoms with Crippen LogP contribution in [0.1, 0.15) is 77.6 Å². The molecule has 0 spiro atoms. The number of esters is 1. The van der Waals surface area contributed by atoms with Gasteiger partial charge in [0.1, 0.15) is 5.75 Å². The van der Waals surface area contributed by atoms with Crippen molar-refractivity contribution in [2.75, 3.05) is 0 Å². The summed E-state index contributed by atoms with van der Waals surface area (Å²) in [6.07, 6.45) is 12.8. The van der Waals surface area contributed by atoms with Gasteiger partial charge in [0.2, 0.25) is 0 Å². The van der Waals surface area contributed by atoms with E-state index in [1.165, 1.54) is 44.9 Å². The maximum absolute atomic E-state index is 13.3. The van der Waals surface area contributed by atoms with Crippen LogP contribution in [0, 0.1) is 41.1 Å². The first-order valence-corrected chi connectivity index (χ1v) is 10.8. The van der Waals surface area contributed by atoms with Crippen molar-refractivity contribution >= 4 is 5.97 Å². The van der Waals surface area contributed by atoms with Crippen molar-refractivity contribution in [2.24, 2.45) is 23.7 Å². The summed E-state index contributed by atoms with van der Waals surface area (Å²) in [6.45, 7) is 2.29. The zero-order chi connectivity index (χ0) is 20.1. The molecule has 2 saturated carbocycles. The van der Waals surface area contributed by atoms with E-state index in [0.717, 1.165) is 49.7 Å². The van der Waals surface area contributed by atoms with E-state index in [2.05, 4.69) is 6.92 Å². The molecule has 0 unspecified atom stereocenters. The van der Waals surface area contributed by atoms with Gasteiger partial charge < -0.3 is 4.74 Å². The zero-order valence-electron chi connectivity index (χ0n) is 16.7. The molecule has 28 heavy (non-hydrogen) atoms. The monoisotopic (exact) mass is 396 g/mol. The molecule has 2 fully saturated rings. The average Bonchev–Trinajstić information content (AvgIpc) is 2.71. The van der Waals surface area contributed by atoms with E-state index in [4.69, 9.17) is 4.74 Å². The van der Waals surface area contributed by atoms with Crippen LogP contribution in [-0.2, 0) is 4.79 Å². The molecule has 0 atom stereocenters. The van der Waals surface area contributed by atoms with Gasteiger partial charge in [-0.05, 0) is 43.4 Å². The largest absolute Gasteiger partial charge is 0.426 e. The Kier molecular flexibility index (Phi) is 7.42. The van der Waals surface area contributed by atoms with E-state index in [1.54, 1.807) is 0 Å². The van der Waals surface area contributed by atoms with Crippen LogP contribution in [0.5, 0.6) is 5.75 Å². The van der Waals surface area contributed by atoms with Crippen molar-refractivity contribution in [2.45, 2.75) is 77.6 Å². The lowest BCUT2D eigenvalue weighted by Crippen LogP contribution is -2.26. The van der Waals surface area contributed by atoms with Gasteiger partial charge in [0.15, 0.2) is 17.5 Å². The SMILES string of the molecule is CC[C@H]1CC[C@H](CC[C@H]2CC[C@H](C(=O)Oc3cc(F)c(F)c(F)c3)CC2)CC1. The van der Waals surface area contributed by atoms with E-state index in [9.17, 15) is 18.0 Å². The molecule has 0 aliphatic heterocycles. The summed E-state index contributed by atoms with van der Waals surface area (Å²) in [5.41, 5.74) is 0. The second-order valence-electron chi connectivity index (χ2n) is 8.71. The molecule has 0 N–H and O–H groups in total. The van der Waals surface area contributed by atoms with Gasteiger partial charge >= 0.3 is 5.97 Å². The van der Waals surface area contributed by atoms with E-state index in [-0.39, 0.29) is 11.7 Å². The predicted octanol–water partition coefficient (Wildman–Crippen LogP) is 6.81. The normalized spacial score (nSPS) is 28.1. The molecule has 2 aliphatic rings. The van der Waals surface area contributed by atoms with Crippen LogP contribution >= 0.6 is 0 Å². The lowest BCUT2D eigenvalue weighted by molar-refractivity contribution is -0.140. The lowest BCUT2D eigenvalue weighted by Gasteiger charge is -2.31. The minimum Gasteiger partial charge on any atom is -0.426 e. The first kappa shape index (κ1) is 21.2. The number of ether oxygens (including phenoxy) is 1. The molecule has 0 saturated heterocycles. The zero-order valence-corrected chi connectivity index (χ0v) is 16.7. The topological polar surface area (TPSA) is 26.3 Å². The third kappa shape index (κ3) is 5.51. The molecule has 0 amide bonds. The summed E-state index contributed by atoms with van der Waals surface area (Å²) in [6, 6.07) is 1.43. The number of carbonyl (C=O) groups is 1. The highest BCUT2D eigenvalue weighted by atomic mass is 19.2. The minimum absolute atomic E-state index is 0.243. The van der Waals surface area contributed by atoms with Crippen LogP contribution in [0.15, 0.2) is 12.1 Å². The van der Waals surface area contributed by atoms with Gasteiger partial charge in [-0.25, -0.2) is 13.2 Å². The fourth-order valence-corrected chi connectivity index (χ4v) is 4.88. The summed E-state index contributed by atoms with van der Waals surface area (Å²) < 4.78 is 44.6. The quantitative estimate of drug-likeness (QED) is 0.300. The highest BCUT2D eigenvalue weighted by Crippen LogP contribution is 2.37. The first-order valence-electron chi connectivity index (χ1n) is 10.8. The van der Waals surface area contributed by atoms with Crippen LogP contribution in [-0.4, -0.2) is 5.97 Å². The molecule has 156 valence electrons. The van der Waals surface area contributed by atoms with Crippen molar-refractivity contribution in [3.05, 3.63) is 29.6 Å². The van der Waals surface area contributed by atoms with Crippen LogP contribution < -0.4 is 4.74 Å². The number of carbonyl (C=O) groups excluding carboxylic acids is 1. The fraction of sp³-hybridized carbons (Fsp3) is 0.696. The Morgan fingerprint density at radius 3 is 1.82 bits per heavy atom. The van der Waals surface area contributed by atoms with Crippen molar-refractivity contribution in [3.63, 3.8) is 0 Å². The Bertz CT molecular complexity index is 637. The number of benzene rings is 1. The minimum atomic E-state index is -1.55. The number of rotatable bonds is 6. The number of hydrogen-bond donors (Lipinski definition) is 0. The fourth-order valence-electron chi connectivity index (χ4n) is 4.88. The van der Waals surface area contributed by atoms with Gasteiger partial charge in [0, 0.05) is 12.1 Å². The number of halogens is 3. The summed E-state index contributed by atoms with van der Waals surface area (Å²) in [5, 5.41) is 0. The molecular weight excluding hydrogens is 365 g/mol. The molecule has 5 heteroatoms. The second kappa shape index (κ2) is 9.80. The Balaban J connectivity index is 1.39. The summed E-state index contributed by atoms with van der Waals surface area (Å²) in [4.78, 5) is 12.3. The van der Waals surface area contributed by atoms with Crippen LogP contribution in [0.2, 0.25) is 0 Å². The molecule has 0 heterocycles. The molecule has 0 bridgehead atoms. The van der Waals surface area contributed by atoms with Gasteiger partial charge in [-0.3, -0.25) is 4.79 Å². The Morgan fingerprint density at radius 1 is 0.857 bits per heavy atom. The maximum atomic E-state index is 13.3. The van der Waals surface area contributed by atoms with Crippen molar-refractivity contribution in [1.29, 1.82) is 0 Å². The van der Waals surface area contributed by atoms with E-state index >= 15 is 0 Å². The average molecular weight is 396 g/mol. The molecule has 2 nitrogen and oxygen atoms in total. The summed E-state index contributed by atoms with van der Waals surface area (Å²) in [7, 11) is 0. The van der Waals surface area contributed by atoms with Gasteiger partial charge in [0.05, 0.1) is 5.92 Å². The molecule has 2 aliphatic carbocycles. The van der Waals surface area contributed by atoms with Crippen molar-refractivity contribution in [3.8, 4) is 5.75 Å². The van der Waals surface area contributed by atoms with Crippen LogP contribution in [0.3, 0.4) is 0 Å². The molecular formula is C23H31F3O2. The molecule has 3 rings (SSSR count). The van der Waals surface area contributed by atoms with Crippen LogP contribution in [0.4, 0.5) is 13.2 Å². The summed E-state index contributed by atoms with van der Waals surface area (Å²) >= 11 is 0. The third-order valence-electron chi connectivity index (χ3n) is 6.88. The van der Waals surface area contributed by atoms with Crippen molar-refractivity contribution < 1.29 is 22.7 Å². The highest BCUT2D eigenvalue weighted by Gasteiger charge is 2.29. The Hall–Kier alpha value is -1.52. The van der Waals surface area contributed by atoms with E-state index in [1.807, 2.05) is 0 Å². The second-order valence-corrected chi connectivity index (χ2v) is 8.71. The standard InChI is InChI=1S/C23H31F3O2/c1-2-15-3-5-16(6-4-15)7-8-17-9-11-18(12-10-17)23(27)28-19-13-20(24)22(26)21(25)14-19/h13-18H,2-12H2,1H3/t15-,16-,17-,18-. The van der Waals surface area contributed by atoms with E-state index < -0.39 is 23.4 Å². The lowest BCUT2D eigenvalue weighted by atomic mass is 9.75. The van der Waals surface area contributed by atoms with Gasteiger partial charge in [-0.15, -0.1) is 0 Å². The van der Waals surface area contributed by atoms with Gasteiger partial charge in [-0.1, -0.05) is 51.9 Å². The van der Waals surface area contributed by atoms with Gasteiger partial charge in [-0.2, -0.15) is 0 Å². The third-order valence-corrected chi connectivity index (χ3v) is 6.88. The predicted molar refractivity (Wildman–Crippen MR) is 102 cm³/mol. The van der Waals surface area contributed by atoms with Crippen molar-refractivity contribution in [1.82, 2.24) is 0 Å². The Morgan fingerprint density at radius 2 is 1.32 bits per heavy atom. The summed E-state index contributed by atoms with van der Waals surface area (Å²) in [5.74, 6) is -2.77. The highest BCUT2D eigenvalue weighted by molar-refractivity contribution is 5.75.